The Morgan fingerprint density at radius 3 is 2.14 bits per heavy atom. The van der Waals surface area contributed by atoms with Crippen molar-refractivity contribution in [2.75, 3.05) is 0 Å². The van der Waals surface area contributed by atoms with Crippen LogP contribution in [-0.4, -0.2) is 0 Å². The van der Waals surface area contributed by atoms with Gasteiger partial charge in [-0.1, -0.05) is 85.1 Å². The summed E-state index contributed by atoms with van der Waals surface area (Å²) >= 11 is 0. The van der Waals surface area contributed by atoms with E-state index in [2.05, 4.69) is 54.7 Å². The first kappa shape index (κ1) is 25.5. The Morgan fingerprint density at radius 2 is 1.61 bits per heavy atom. The van der Waals surface area contributed by atoms with Crippen molar-refractivity contribution in [2.45, 2.75) is 131 Å². The summed E-state index contributed by atoms with van der Waals surface area (Å²) in [6, 6.07) is 0. The standard InChI is InChI=1S/C28H52/c1-9-25(17-20-27(6,7)10-2)23(4)15-13-12-14-16-24(5)26-18-21-28(8,11-3)22-19-26/h25-26H,4-5,9-22H2,1-3,6-8H3. The molecule has 0 N–H and O–H groups in total. The van der Waals surface area contributed by atoms with Crippen LogP contribution in [0, 0.1) is 22.7 Å². The molecular weight excluding hydrogens is 336 g/mol. The highest BCUT2D eigenvalue weighted by Crippen LogP contribution is 2.43. The molecule has 0 aromatic heterocycles. The molecule has 0 aromatic rings. The molecule has 1 rings (SSSR count). The Morgan fingerprint density at radius 1 is 1.00 bits per heavy atom. The fourth-order valence-corrected chi connectivity index (χ4v) is 4.80. The first-order valence-electron chi connectivity index (χ1n) is 12.5. The van der Waals surface area contributed by atoms with Crippen LogP contribution < -0.4 is 0 Å². The second-order valence-electron chi connectivity index (χ2n) is 11.0. The Hall–Kier alpha value is -0.520. The van der Waals surface area contributed by atoms with Gasteiger partial charge >= 0.3 is 0 Å². The van der Waals surface area contributed by atoms with Crippen LogP contribution in [0.2, 0.25) is 0 Å². The molecule has 1 atom stereocenters. The van der Waals surface area contributed by atoms with Crippen LogP contribution >= 0.6 is 0 Å². The fourth-order valence-electron chi connectivity index (χ4n) is 4.80. The van der Waals surface area contributed by atoms with Gasteiger partial charge in [0.15, 0.2) is 0 Å². The van der Waals surface area contributed by atoms with E-state index in [0.717, 1.165) is 11.8 Å². The summed E-state index contributed by atoms with van der Waals surface area (Å²) in [5.74, 6) is 1.54. The van der Waals surface area contributed by atoms with Gasteiger partial charge in [0, 0.05) is 0 Å². The third-order valence-corrected chi connectivity index (χ3v) is 8.32. The van der Waals surface area contributed by atoms with Gasteiger partial charge in [-0.3, -0.25) is 0 Å². The Labute approximate surface area is 178 Å². The van der Waals surface area contributed by atoms with E-state index in [1.807, 2.05) is 0 Å². The van der Waals surface area contributed by atoms with Gasteiger partial charge < -0.3 is 0 Å². The van der Waals surface area contributed by atoms with Gasteiger partial charge in [-0.25, -0.2) is 0 Å². The first-order valence-corrected chi connectivity index (χ1v) is 12.5. The zero-order chi connectivity index (χ0) is 21.2. The topological polar surface area (TPSA) is 0 Å². The summed E-state index contributed by atoms with van der Waals surface area (Å²) in [4.78, 5) is 0. The monoisotopic (exact) mass is 388 g/mol. The molecule has 0 heteroatoms. The molecule has 28 heavy (non-hydrogen) atoms. The van der Waals surface area contributed by atoms with Gasteiger partial charge in [-0.05, 0) is 93.3 Å². The van der Waals surface area contributed by atoms with Crippen LogP contribution in [0.4, 0.5) is 0 Å². The largest absolute Gasteiger partial charge is 0.0996 e. The molecule has 0 aromatic carbocycles. The molecule has 0 heterocycles. The smallest absolute Gasteiger partial charge is 0.0206 e. The van der Waals surface area contributed by atoms with Crippen LogP contribution in [0.25, 0.3) is 0 Å². The molecule has 164 valence electrons. The summed E-state index contributed by atoms with van der Waals surface area (Å²) in [6.07, 6.45) is 18.6. The average Bonchev–Trinajstić information content (AvgIpc) is 2.68. The number of rotatable bonds is 14. The quantitative estimate of drug-likeness (QED) is 0.205. The minimum Gasteiger partial charge on any atom is -0.0996 e. The number of hydrogen-bond donors (Lipinski definition) is 0. The molecule has 1 fully saturated rings. The lowest BCUT2D eigenvalue weighted by Gasteiger charge is -2.37. The normalized spacial score (nSPS) is 24.1. The van der Waals surface area contributed by atoms with E-state index < -0.39 is 0 Å². The average molecular weight is 389 g/mol. The lowest BCUT2D eigenvalue weighted by Crippen LogP contribution is -2.24. The minimum atomic E-state index is 0.488. The number of hydrogen-bond acceptors (Lipinski definition) is 0. The van der Waals surface area contributed by atoms with Crippen molar-refractivity contribution < 1.29 is 0 Å². The maximum atomic E-state index is 4.46. The van der Waals surface area contributed by atoms with Crippen molar-refractivity contribution in [1.82, 2.24) is 0 Å². The van der Waals surface area contributed by atoms with Gasteiger partial charge in [0.25, 0.3) is 0 Å². The summed E-state index contributed by atoms with van der Waals surface area (Å²) in [6.45, 7) is 23.2. The minimum absolute atomic E-state index is 0.488. The maximum absolute atomic E-state index is 4.46. The van der Waals surface area contributed by atoms with Crippen LogP contribution in [0.15, 0.2) is 24.3 Å². The van der Waals surface area contributed by atoms with Crippen LogP contribution in [0.3, 0.4) is 0 Å². The molecule has 1 unspecified atom stereocenters. The van der Waals surface area contributed by atoms with Crippen molar-refractivity contribution >= 4 is 0 Å². The van der Waals surface area contributed by atoms with Crippen LogP contribution in [0.1, 0.15) is 131 Å². The number of allylic oxidation sites excluding steroid dienone is 2. The van der Waals surface area contributed by atoms with Crippen molar-refractivity contribution in [3.05, 3.63) is 24.3 Å². The molecule has 1 aliphatic rings. The van der Waals surface area contributed by atoms with E-state index in [-0.39, 0.29) is 0 Å². The summed E-state index contributed by atoms with van der Waals surface area (Å²) < 4.78 is 0. The molecule has 0 amide bonds. The van der Waals surface area contributed by atoms with Gasteiger partial charge in [-0.15, -0.1) is 0 Å². The molecule has 0 spiro atoms. The SMILES string of the molecule is C=C(CCCCCC(=C)C1CCC(C)(CC)CC1)C(CC)CCC(C)(C)CC. The fraction of sp³-hybridized carbons (Fsp3) is 0.857. The third-order valence-electron chi connectivity index (χ3n) is 8.32. The highest BCUT2D eigenvalue weighted by atomic mass is 14.4. The Kier molecular flexibility index (Phi) is 11.2. The van der Waals surface area contributed by atoms with Gasteiger partial charge in [0.05, 0.1) is 0 Å². The highest BCUT2D eigenvalue weighted by Gasteiger charge is 2.30. The van der Waals surface area contributed by atoms with E-state index in [4.69, 9.17) is 0 Å². The van der Waals surface area contributed by atoms with E-state index >= 15 is 0 Å². The molecular formula is C28H52. The van der Waals surface area contributed by atoms with E-state index in [9.17, 15) is 0 Å². The molecule has 0 nitrogen and oxygen atoms in total. The Balaban J connectivity index is 2.20. The molecule has 1 aliphatic carbocycles. The predicted octanol–water partition coefficient (Wildman–Crippen LogP) is 9.90. The molecule has 1 saturated carbocycles. The van der Waals surface area contributed by atoms with Gasteiger partial charge in [-0.2, -0.15) is 0 Å². The maximum Gasteiger partial charge on any atom is -0.0206 e. The first-order chi connectivity index (χ1) is 13.2. The van der Waals surface area contributed by atoms with Gasteiger partial charge in [0.1, 0.15) is 0 Å². The highest BCUT2D eigenvalue weighted by molar-refractivity contribution is 5.04. The van der Waals surface area contributed by atoms with E-state index in [1.165, 1.54) is 95.5 Å². The number of unbranched alkanes of at least 4 members (excludes halogenated alkanes) is 2. The molecule has 0 saturated heterocycles. The second-order valence-corrected chi connectivity index (χ2v) is 11.0. The zero-order valence-corrected chi connectivity index (χ0v) is 20.5. The summed E-state index contributed by atoms with van der Waals surface area (Å²) in [5.41, 5.74) is 4.16. The van der Waals surface area contributed by atoms with Crippen molar-refractivity contribution in [2.24, 2.45) is 22.7 Å². The molecule has 0 bridgehead atoms. The zero-order valence-electron chi connectivity index (χ0n) is 20.5. The summed E-state index contributed by atoms with van der Waals surface area (Å²) in [7, 11) is 0. The predicted molar refractivity (Wildman–Crippen MR) is 129 cm³/mol. The Bertz CT molecular complexity index is 458. The molecule has 0 aliphatic heterocycles. The van der Waals surface area contributed by atoms with Crippen molar-refractivity contribution in [3.63, 3.8) is 0 Å². The van der Waals surface area contributed by atoms with Crippen molar-refractivity contribution in [1.29, 1.82) is 0 Å². The van der Waals surface area contributed by atoms with E-state index in [0.29, 0.717) is 10.8 Å². The van der Waals surface area contributed by atoms with Crippen LogP contribution in [-0.2, 0) is 0 Å². The van der Waals surface area contributed by atoms with Gasteiger partial charge in [0.2, 0.25) is 0 Å². The summed E-state index contributed by atoms with van der Waals surface area (Å²) in [5, 5.41) is 0. The third kappa shape index (κ3) is 8.87. The van der Waals surface area contributed by atoms with E-state index in [1.54, 1.807) is 5.57 Å². The lowest BCUT2D eigenvalue weighted by atomic mass is 9.68. The molecule has 0 radical (unpaired) electrons. The lowest BCUT2D eigenvalue weighted by molar-refractivity contribution is 0.176. The van der Waals surface area contributed by atoms with Crippen LogP contribution in [0.5, 0.6) is 0 Å². The second kappa shape index (κ2) is 12.2. The van der Waals surface area contributed by atoms with Crippen molar-refractivity contribution in [3.8, 4) is 0 Å².